The number of aromatic nitrogens is 2. The fraction of sp³-hybridized carbons (Fsp3) is 0.375. The predicted molar refractivity (Wildman–Crippen MR) is 87.2 cm³/mol. The molecule has 3 rings (SSSR count). The van der Waals surface area contributed by atoms with Gasteiger partial charge in [0.05, 0.1) is 0 Å². The van der Waals surface area contributed by atoms with E-state index >= 15 is 0 Å². The molecule has 5 nitrogen and oxygen atoms in total. The van der Waals surface area contributed by atoms with Crippen LogP contribution in [0.3, 0.4) is 0 Å². The van der Waals surface area contributed by atoms with Crippen LogP contribution in [-0.4, -0.2) is 34.2 Å². The Morgan fingerprint density at radius 2 is 2.14 bits per heavy atom. The van der Waals surface area contributed by atoms with Crippen LogP contribution in [0, 0.1) is 0 Å². The number of phenolic OH excluding ortho intramolecular Hbond substituents is 1. The van der Waals surface area contributed by atoms with Crippen molar-refractivity contribution < 1.29 is 5.11 Å². The van der Waals surface area contributed by atoms with Gasteiger partial charge in [0.25, 0.3) is 0 Å². The van der Waals surface area contributed by atoms with Crippen LogP contribution in [0.5, 0.6) is 5.75 Å². The summed E-state index contributed by atoms with van der Waals surface area (Å²) in [6, 6.07) is 7.28. The summed E-state index contributed by atoms with van der Waals surface area (Å²) < 4.78 is 0. The molecule has 0 bridgehead atoms. The summed E-state index contributed by atoms with van der Waals surface area (Å²) in [5.74, 6) is 1.05. The zero-order chi connectivity index (χ0) is 15.4. The Kier molecular flexibility index (Phi) is 4.75. The van der Waals surface area contributed by atoms with E-state index in [1.54, 1.807) is 30.6 Å². The number of rotatable bonds is 4. The zero-order valence-electron chi connectivity index (χ0n) is 12.2. The first-order valence-corrected chi connectivity index (χ1v) is 7.83. The van der Waals surface area contributed by atoms with Crippen molar-refractivity contribution in [1.82, 2.24) is 15.3 Å². The van der Waals surface area contributed by atoms with Gasteiger partial charge in [0.1, 0.15) is 5.75 Å². The summed E-state index contributed by atoms with van der Waals surface area (Å²) in [6.45, 7) is 2.44. The first kappa shape index (κ1) is 15.1. The first-order valence-electron chi connectivity index (χ1n) is 7.45. The average molecular weight is 319 g/mol. The summed E-state index contributed by atoms with van der Waals surface area (Å²) in [5.41, 5.74) is 0.820. The largest absolute Gasteiger partial charge is 0.508 e. The molecule has 6 heteroatoms. The molecule has 1 aromatic carbocycles. The number of halogens is 1. The van der Waals surface area contributed by atoms with E-state index in [1.807, 2.05) is 6.07 Å². The molecule has 1 atom stereocenters. The molecule has 1 aliphatic heterocycles. The highest BCUT2D eigenvalue weighted by Crippen LogP contribution is 2.22. The van der Waals surface area contributed by atoms with Crippen molar-refractivity contribution in [2.24, 2.45) is 0 Å². The van der Waals surface area contributed by atoms with E-state index in [4.69, 9.17) is 11.6 Å². The summed E-state index contributed by atoms with van der Waals surface area (Å²) in [4.78, 5) is 10.8. The third-order valence-corrected chi connectivity index (χ3v) is 4.11. The molecule has 0 spiro atoms. The van der Waals surface area contributed by atoms with E-state index < -0.39 is 0 Å². The molecule has 0 aliphatic carbocycles. The second-order valence-corrected chi connectivity index (χ2v) is 5.92. The van der Waals surface area contributed by atoms with Crippen LogP contribution in [0.15, 0.2) is 36.7 Å². The van der Waals surface area contributed by atoms with E-state index in [2.05, 4.69) is 20.2 Å². The molecule has 1 fully saturated rings. The maximum Gasteiger partial charge on any atom is 0.225 e. The molecule has 0 radical (unpaired) electrons. The number of anilines is 1. The van der Waals surface area contributed by atoms with Crippen LogP contribution < -0.4 is 10.2 Å². The van der Waals surface area contributed by atoms with Gasteiger partial charge in [-0.15, -0.1) is 0 Å². The third kappa shape index (κ3) is 3.67. The fourth-order valence-corrected chi connectivity index (χ4v) is 2.92. The highest BCUT2D eigenvalue weighted by Gasteiger charge is 2.21. The van der Waals surface area contributed by atoms with Gasteiger partial charge in [-0.05, 0) is 37.1 Å². The van der Waals surface area contributed by atoms with Crippen LogP contribution >= 0.6 is 11.6 Å². The minimum Gasteiger partial charge on any atom is -0.508 e. The van der Waals surface area contributed by atoms with Crippen LogP contribution in [0.2, 0.25) is 5.02 Å². The SMILES string of the molecule is Oc1ccc(Cl)cc1CN[C@H]1CCCN(c2ncccn2)C1. The second kappa shape index (κ2) is 6.94. The number of phenols is 1. The summed E-state index contributed by atoms with van der Waals surface area (Å²) in [7, 11) is 0. The normalized spacial score (nSPS) is 18.4. The second-order valence-electron chi connectivity index (χ2n) is 5.49. The molecule has 2 aromatic rings. The third-order valence-electron chi connectivity index (χ3n) is 3.88. The van der Waals surface area contributed by atoms with Gasteiger partial charge in [-0.3, -0.25) is 0 Å². The van der Waals surface area contributed by atoms with Gasteiger partial charge >= 0.3 is 0 Å². The molecule has 1 aliphatic rings. The maximum atomic E-state index is 9.87. The lowest BCUT2D eigenvalue weighted by Gasteiger charge is -2.33. The standard InChI is InChI=1S/C16H19ClN4O/c17-13-4-5-15(22)12(9-13)10-20-14-3-1-8-21(11-14)16-18-6-2-7-19-16/h2,4-7,9,14,20,22H,1,3,8,10-11H2/t14-/m0/s1. The lowest BCUT2D eigenvalue weighted by molar-refractivity contribution is 0.410. The van der Waals surface area contributed by atoms with Crippen molar-refractivity contribution in [3.05, 3.63) is 47.2 Å². The molecular formula is C16H19ClN4O. The zero-order valence-corrected chi connectivity index (χ0v) is 13.0. The van der Waals surface area contributed by atoms with Crippen molar-refractivity contribution in [1.29, 1.82) is 0 Å². The Hall–Kier alpha value is -1.85. The van der Waals surface area contributed by atoms with Crippen LogP contribution in [-0.2, 0) is 6.54 Å². The van der Waals surface area contributed by atoms with Gasteiger partial charge in [0.2, 0.25) is 5.95 Å². The molecular weight excluding hydrogens is 300 g/mol. The summed E-state index contributed by atoms with van der Waals surface area (Å²) in [5, 5.41) is 14.0. The number of hydrogen-bond donors (Lipinski definition) is 2. The smallest absolute Gasteiger partial charge is 0.225 e. The molecule has 22 heavy (non-hydrogen) atoms. The number of hydrogen-bond acceptors (Lipinski definition) is 5. The van der Waals surface area contributed by atoms with Gasteiger partial charge in [0.15, 0.2) is 0 Å². The Morgan fingerprint density at radius 3 is 2.95 bits per heavy atom. The molecule has 0 saturated carbocycles. The minimum absolute atomic E-state index is 0.274. The number of aromatic hydroxyl groups is 1. The Morgan fingerprint density at radius 1 is 1.32 bits per heavy atom. The van der Waals surface area contributed by atoms with Gasteiger partial charge in [-0.1, -0.05) is 11.6 Å². The van der Waals surface area contributed by atoms with Gasteiger partial charge < -0.3 is 15.3 Å². The molecule has 2 heterocycles. The van der Waals surface area contributed by atoms with Gasteiger partial charge in [-0.25, -0.2) is 9.97 Å². The lowest BCUT2D eigenvalue weighted by atomic mass is 10.1. The topological polar surface area (TPSA) is 61.3 Å². The monoisotopic (exact) mass is 318 g/mol. The van der Waals surface area contributed by atoms with E-state index in [9.17, 15) is 5.11 Å². The van der Waals surface area contributed by atoms with E-state index in [0.717, 1.165) is 37.4 Å². The van der Waals surface area contributed by atoms with E-state index in [1.165, 1.54) is 0 Å². The van der Waals surface area contributed by atoms with Crippen molar-refractivity contribution >= 4 is 17.5 Å². The van der Waals surface area contributed by atoms with E-state index in [0.29, 0.717) is 17.6 Å². The number of benzene rings is 1. The summed E-state index contributed by atoms with van der Waals surface area (Å²) in [6.07, 6.45) is 5.73. The molecule has 1 aromatic heterocycles. The lowest BCUT2D eigenvalue weighted by Crippen LogP contribution is -2.46. The number of piperidine rings is 1. The molecule has 0 amide bonds. The predicted octanol–water partition coefficient (Wildman–Crippen LogP) is 2.59. The van der Waals surface area contributed by atoms with Crippen molar-refractivity contribution in [2.45, 2.75) is 25.4 Å². The van der Waals surface area contributed by atoms with Gasteiger partial charge in [-0.2, -0.15) is 0 Å². The van der Waals surface area contributed by atoms with E-state index in [-0.39, 0.29) is 5.75 Å². The molecule has 1 saturated heterocycles. The number of nitrogens with zero attached hydrogens (tertiary/aromatic N) is 3. The fourth-order valence-electron chi connectivity index (χ4n) is 2.73. The minimum atomic E-state index is 0.274. The van der Waals surface area contributed by atoms with Crippen LogP contribution in [0.25, 0.3) is 0 Å². The van der Waals surface area contributed by atoms with Crippen molar-refractivity contribution in [3.63, 3.8) is 0 Å². The summed E-state index contributed by atoms with van der Waals surface area (Å²) >= 11 is 5.98. The van der Waals surface area contributed by atoms with Crippen molar-refractivity contribution in [2.75, 3.05) is 18.0 Å². The van der Waals surface area contributed by atoms with Crippen LogP contribution in [0.1, 0.15) is 18.4 Å². The Labute approximate surface area is 135 Å². The quantitative estimate of drug-likeness (QED) is 0.907. The van der Waals surface area contributed by atoms with Crippen LogP contribution in [0.4, 0.5) is 5.95 Å². The molecule has 0 unspecified atom stereocenters. The average Bonchev–Trinajstić information content (AvgIpc) is 2.57. The van der Waals surface area contributed by atoms with Crippen molar-refractivity contribution in [3.8, 4) is 5.75 Å². The molecule has 2 N–H and O–H groups in total. The highest BCUT2D eigenvalue weighted by atomic mass is 35.5. The number of nitrogens with one attached hydrogen (secondary N) is 1. The van der Waals surface area contributed by atoms with Gasteiger partial charge in [0, 0.05) is 48.7 Å². The molecule has 116 valence electrons. The Bertz CT molecular complexity index is 623. The first-order chi connectivity index (χ1) is 10.7. The highest BCUT2D eigenvalue weighted by molar-refractivity contribution is 6.30. The maximum absolute atomic E-state index is 9.87. The Balaban J connectivity index is 1.60.